The highest BCUT2D eigenvalue weighted by molar-refractivity contribution is 8.77. The number of carboxylic acids is 2. The zero-order valence-corrected chi connectivity index (χ0v) is 56.6. The Morgan fingerprint density at radius 3 is 1.64 bits per heavy atom. The van der Waals surface area contributed by atoms with Crippen molar-refractivity contribution in [1.82, 2.24) is 68.7 Å². The molecule has 0 saturated carbocycles. The Hall–Kier alpha value is -7.66. The fourth-order valence-electron chi connectivity index (χ4n) is 9.09. The molecule has 4 bridgehead atoms. The summed E-state index contributed by atoms with van der Waals surface area (Å²) in [4.78, 5) is 224. The quantitative estimate of drug-likeness (QED) is 0.0688. The van der Waals surface area contributed by atoms with E-state index in [9.17, 15) is 92.0 Å². The van der Waals surface area contributed by atoms with Crippen molar-refractivity contribution in [3.05, 3.63) is 42.1 Å². The molecule has 3 fully saturated rings. The number of hydrogen-bond donors (Lipinski definition) is 17. The highest BCUT2D eigenvalue weighted by atomic mass is 33.1. The topological polar surface area (TPSA) is 533 Å². The normalized spacial score (nSPS) is 27.9. The predicted molar refractivity (Wildman–Crippen MR) is 352 cm³/mol. The van der Waals surface area contributed by atoms with Crippen molar-refractivity contribution < 1.29 is 92.0 Å². The molecule has 0 aliphatic carbocycles. The Morgan fingerprint density at radius 1 is 0.589 bits per heavy atom. The van der Waals surface area contributed by atoms with Crippen LogP contribution >= 0.6 is 64.8 Å². The van der Waals surface area contributed by atoms with Gasteiger partial charge in [0.2, 0.25) is 82.7 Å². The smallest absolute Gasteiger partial charge is 0.326 e. The van der Waals surface area contributed by atoms with Crippen molar-refractivity contribution >= 4 is 159 Å². The second-order valence-electron chi connectivity index (χ2n) is 22.4. The van der Waals surface area contributed by atoms with Crippen LogP contribution in [0.3, 0.4) is 0 Å². The second kappa shape index (κ2) is 38.2. The van der Waals surface area contributed by atoms with Gasteiger partial charge in [0, 0.05) is 53.6 Å². The van der Waals surface area contributed by atoms with Crippen molar-refractivity contribution in [3.8, 4) is 5.75 Å². The fourth-order valence-corrected chi connectivity index (χ4v) is 16.0. The average Bonchev–Trinajstić information content (AvgIpc) is 1.84. The minimum atomic E-state index is -1.85. The number of nitrogens with zero attached hydrogens (tertiary/aromatic N) is 1. The number of phenols is 1. The van der Waals surface area contributed by atoms with E-state index < -0.39 is 234 Å². The first-order valence-electron chi connectivity index (χ1n) is 29.5. The minimum Gasteiger partial charge on any atom is -0.508 e. The maximum Gasteiger partial charge on any atom is 0.326 e. The van der Waals surface area contributed by atoms with Gasteiger partial charge in [-0.15, -0.1) is 0 Å². The van der Waals surface area contributed by atoms with Gasteiger partial charge < -0.3 is 95.5 Å². The third-order valence-corrected chi connectivity index (χ3v) is 21.6. The predicted octanol–water partition coefficient (Wildman–Crippen LogP) is -5.08. The van der Waals surface area contributed by atoms with Gasteiger partial charge in [0.1, 0.15) is 78.3 Å². The van der Waals surface area contributed by atoms with E-state index in [-0.39, 0.29) is 30.8 Å². The van der Waals surface area contributed by atoms with E-state index in [1.165, 1.54) is 50.4 Å². The molecule has 13 atom stereocenters. The second-order valence-corrected chi connectivity index (χ2v) is 30.1. The molecule has 0 radical (unpaired) electrons. The molecule has 40 heteroatoms. The van der Waals surface area contributed by atoms with E-state index in [0.29, 0.717) is 5.56 Å². The summed E-state index contributed by atoms with van der Waals surface area (Å²) < 4.78 is 0. The number of nitrogens with one attached hydrogen (secondary N) is 12. The Labute approximate surface area is 568 Å². The average molecular weight is 1440 g/mol. The van der Waals surface area contributed by atoms with Gasteiger partial charge in [-0.25, -0.2) is 4.79 Å². The highest BCUT2D eigenvalue weighted by Crippen LogP contribution is 2.27. The molecule has 1 aromatic carbocycles. The summed E-state index contributed by atoms with van der Waals surface area (Å²) >= 11 is 0. The van der Waals surface area contributed by atoms with E-state index in [0.717, 1.165) is 69.7 Å². The molecule has 1 aromatic rings. The van der Waals surface area contributed by atoms with Gasteiger partial charge in [-0.3, -0.25) is 71.9 Å². The maximum absolute atomic E-state index is 14.9. The molecule has 3 saturated heterocycles. The van der Waals surface area contributed by atoms with Crippen LogP contribution in [0.15, 0.2) is 36.5 Å². The third-order valence-electron chi connectivity index (χ3n) is 14.3. The molecule has 34 nitrogen and oxygen atoms in total. The molecule has 19 N–H and O–H groups in total. The minimum absolute atomic E-state index is 0.130. The highest BCUT2D eigenvalue weighted by Gasteiger charge is 2.41. The Morgan fingerprint density at radius 2 is 1.07 bits per heavy atom. The SMILES string of the molecule is CC(C)C[C@@H]1NC(=O)[C@H](CCC(=O)O)NC(=O)[C@@H]2CSSC[C@@H]3NC(=O)[C@H](C)NC(=O)[C@@H]4CC=CN4C(=O)[C@H](CC(N)=O)NC(=O)[C@H](CSSC[C@H](N)C(=O)N2)NC(=O)[C@H](CSSC[C@@H](C(=O)N[C@@H](Cc2ccc(O)cc2)C(=O)O)NC(=O)CNC(=O)[C@H](C)NC3=O)NC1=O. The van der Waals surface area contributed by atoms with Crippen LogP contribution in [0.5, 0.6) is 5.75 Å². The number of carbonyl (C=O) groups is 16. The summed E-state index contributed by atoms with van der Waals surface area (Å²) in [5.41, 5.74) is 12.3. The van der Waals surface area contributed by atoms with Crippen LogP contribution in [0.4, 0.5) is 0 Å². The zero-order valence-electron chi connectivity index (χ0n) is 51.7. The summed E-state index contributed by atoms with van der Waals surface area (Å²) in [5, 5.41) is 59.4. The number of hydrogen-bond acceptors (Lipinski definition) is 24. The van der Waals surface area contributed by atoms with Gasteiger partial charge in [0.05, 0.1) is 19.0 Å². The van der Waals surface area contributed by atoms with Gasteiger partial charge in [-0.1, -0.05) is 96.8 Å². The lowest BCUT2D eigenvalue weighted by atomic mass is 10.0. The monoisotopic (exact) mass is 1440 g/mol. The first kappa shape index (κ1) is 78.0. The Bertz CT molecular complexity index is 3080. The number of fused-ring (bicyclic) bond motifs is 20. The number of phenolic OH excluding ortho intramolecular Hbond substituents is 1. The first-order valence-corrected chi connectivity index (χ1v) is 37.0. The number of rotatable bonds is 12. The van der Waals surface area contributed by atoms with Crippen LogP contribution in [-0.4, -0.2) is 234 Å². The lowest BCUT2D eigenvalue weighted by Gasteiger charge is -2.30. The van der Waals surface area contributed by atoms with Gasteiger partial charge in [0.15, 0.2) is 0 Å². The summed E-state index contributed by atoms with van der Waals surface area (Å²) in [7, 11) is 5.02. The molecular weight excluding hydrogens is 1370 g/mol. The Kier molecular flexibility index (Phi) is 31.4. The van der Waals surface area contributed by atoms with Crippen molar-refractivity contribution in [2.45, 2.75) is 145 Å². The van der Waals surface area contributed by atoms with Crippen LogP contribution in [-0.2, 0) is 83.1 Å². The molecule has 14 amide bonds. The maximum atomic E-state index is 14.9. The first-order chi connectivity index (χ1) is 44.9. The summed E-state index contributed by atoms with van der Waals surface area (Å²) in [5.74, 6) is -20.5. The lowest BCUT2D eigenvalue weighted by Crippen LogP contribution is -2.61. The molecular formula is C55H77N15O19S6. The largest absolute Gasteiger partial charge is 0.508 e. The number of benzene rings is 1. The molecule has 0 unspecified atom stereocenters. The van der Waals surface area contributed by atoms with E-state index in [2.05, 4.69) is 63.8 Å². The Balaban J connectivity index is 1.72. The van der Waals surface area contributed by atoms with Gasteiger partial charge in [0.25, 0.3) is 0 Å². The van der Waals surface area contributed by atoms with E-state index in [1.807, 2.05) is 0 Å². The lowest BCUT2D eigenvalue weighted by molar-refractivity contribution is -0.142. The number of carboxylic acid groups (broad SMARTS) is 2. The molecule has 5 rings (SSSR count). The molecule has 95 heavy (non-hydrogen) atoms. The molecule has 0 aromatic heterocycles. The molecule has 0 spiro atoms. The van der Waals surface area contributed by atoms with Crippen molar-refractivity contribution in [2.75, 3.05) is 41.1 Å². The summed E-state index contributed by atoms with van der Waals surface area (Å²) in [6.07, 6.45) is -0.201. The number of aliphatic carboxylic acids is 2. The number of primary amides is 1. The van der Waals surface area contributed by atoms with Crippen LogP contribution < -0.4 is 75.3 Å². The van der Waals surface area contributed by atoms with Crippen molar-refractivity contribution in [2.24, 2.45) is 17.4 Å². The standard InChI is InChI=1S/C55H77N15O19S6/c1-24(2)14-31-47(80)68-38-23-95-92-19-34(49(82)65-33(55(88)89)15-27-7-9-28(71)10-8-27)61-41(73)17-58-43(76)25(3)59-48(81)35-20-93-94-21-36(50(83)62-30(46(79)63-31)11-12-42(74)75)67-45(78)29(56)18-90-91-22-37(69-52(38)85)51(84)64-32(16-40(57)72)54(87)70-13-5-6-39(70)53(86)60-26(4)44(77)66-35/h5,7-10,13,24-26,29-39,71H,6,11-12,14-23,56H2,1-4H3,(H2,57,72)(H,58,76)(H,59,81)(H,60,86)(H,61,73)(H,62,83)(H,63,79)(H,64,84)(H,65,82)(H,66,77)(H,67,78)(H,68,80)(H,69,85)(H,74,75)(H,88,89)/t25-,26-,29-,30-,31-,32-,33-,34-,35-,36-,37-,38-,39-/m0/s1. The molecule has 4 heterocycles. The van der Waals surface area contributed by atoms with Gasteiger partial charge >= 0.3 is 11.9 Å². The van der Waals surface area contributed by atoms with Crippen molar-refractivity contribution in [1.29, 1.82) is 0 Å². The van der Waals surface area contributed by atoms with Gasteiger partial charge in [-0.05, 0) is 56.7 Å². The summed E-state index contributed by atoms with van der Waals surface area (Å²) in [6.45, 7) is 4.92. The molecule has 4 aliphatic heterocycles. The molecule has 4 aliphatic rings. The number of carbonyl (C=O) groups excluding carboxylic acids is 14. The zero-order chi connectivity index (χ0) is 70.2. The number of nitrogens with two attached hydrogens (primary N) is 2. The third kappa shape index (κ3) is 25.5. The number of amides is 14. The molecule has 522 valence electrons. The van der Waals surface area contributed by atoms with Crippen LogP contribution in [0.25, 0.3) is 0 Å². The number of aromatic hydroxyl groups is 1. The van der Waals surface area contributed by atoms with E-state index in [4.69, 9.17) is 11.5 Å². The summed E-state index contributed by atoms with van der Waals surface area (Å²) in [6, 6.07) is -15.6. The fraction of sp³-hybridized carbons (Fsp3) is 0.564. The van der Waals surface area contributed by atoms with Gasteiger partial charge in [-0.2, -0.15) is 0 Å². The van der Waals surface area contributed by atoms with Crippen molar-refractivity contribution in [3.63, 3.8) is 0 Å². The van der Waals surface area contributed by atoms with Crippen LogP contribution in [0, 0.1) is 5.92 Å². The van der Waals surface area contributed by atoms with Crippen LogP contribution in [0.1, 0.15) is 65.4 Å². The van der Waals surface area contributed by atoms with E-state index in [1.54, 1.807) is 13.8 Å². The van der Waals surface area contributed by atoms with Crippen LogP contribution in [0.2, 0.25) is 0 Å². The van der Waals surface area contributed by atoms with E-state index >= 15 is 0 Å².